The van der Waals surface area contributed by atoms with E-state index >= 15 is 0 Å². The lowest BCUT2D eigenvalue weighted by Crippen LogP contribution is -1.92. The van der Waals surface area contributed by atoms with Gasteiger partial charge < -0.3 is 14.6 Å². The maximum absolute atomic E-state index is 9.33. The molecule has 0 bridgehead atoms. The van der Waals surface area contributed by atoms with E-state index < -0.39 is 0 Å². The fourth-order valence-corrected chi connectivity index (χ4v) is 0.196. The molecule has 1 aliphatic rings. The van der Waals surface area contributed by atoms with Gasteiger partial charge in [-0.05, 0) is 0 Å². The summed E-state index contributed by atoms with van der Waals surface area (Å²) in [6.45, 7) is 4.81. The fourth-order valence-electron chi connectivity index (χ4n) is 0.196. The van der Waals surface area contributed by atoms with Crippen LogP contribution in [0.1, 0.15) is 6.92 Å². The first-order valence-corrected chi connectivity index (χ1v) is 2.44. The predicted molar refractivity (Wildman–Crippen MR) is 31.0 cm³/mol. The van der Waals surface area contributed by atoms with E-state index in [4.69, 9.17) is 0 Å². The summed E-state index contributed by atoms with van der Waals surface area (Å²) in [5, 5.41) is 9.33. The lowest BCUT2D eigenvalue weighted by molar-refractivity contribution is -0.300. The van der Waals surface area contributed by atoms with Crippen molar-refractivity contribution in [1.82, 2.24) is 0 Å². The first kappa shape index (κ1) is 7.88. The molecule has 52 valence electrons. The van der Waals surface area contributed by atoms with Gasteiger partial charge in [-0.3, -0.25) is 0 Å². The highest BCUT2D eigenvalue weighted by Gasteiger charge is 1.82. The molecule has 0 atom stereocenters. The van der Waals surface area contributed by atoms with E-state index in [2.05, 4.69) is 16.1 Å². The minimum Gasteiger partial charge on any atom is -0.876 e. The van der Waals surface area contributed by atoms with Gasteiger partial charge in [0.25, 0.3) is 0 Å². The van der Waals surface area contributed by atoms with Crippen LogP contribution in [0, 0.1) is 0 Å². The predicted octanol–water partition coefficient (Wildman–Crippen LogP) is 0.342. The summed E-state index contributed by atoms with van der Waals surface area (Å²) in [7, 11) is 0. The molecular weight excluding hydrogens is 120 g/mol. The molecule has 0 fully saturated rings. The second-order valence-corrected chi connectivity index (χ2v) is 1.43. The number of allylic oxidation sites excluding steroid dienone is 1. The van der Waals surface area contributed by atoms with Crippen molar-refractivity contribution in [2.24, 2.45) is 0 Å². The van der Waals surface area contributed by atoms with Crippen LogP contribution in [0.2, 0.25) is 0 Å². The van der Waals surface area contributed by atoms with Gasteiger partial charge in [0.2, 0.25) is 6.79 Å². The fraction of sp³-hybridized carbons (Fsp3) is 0.333. The third-order valence-electron chi connectivity index (χ3n) is 0.384. The van der Waals surface area contributed by atoms with Crippen molar-refractivity contribution in [3.63, 3.8) is 0 Å². The Kier molecular flexibility index (Phi) is 4.40. The Bertz CT molecular complexity index is 96.9. The zero-order chi connectivity index (χ0) is 7.11. The molecule has 0 aromatic heterocycles. The van der Waals surface area contributed by atoms with Crippen LogP contribution in [0.25, 0.3) is 0 Å². The van der Waals surface area contributed by atoms with Gasteiger partial charge in [0.1, 0.15) is 12.5 Å². The molecule has 0 radical (unpaired) electrons. The zero-order valence-corrected chi connectivity index (χ0v) is 5.29. The molecule has 9 heavy (non-hydrogen) atoms. The van der Waals surface area contributed by atoms with Gasteiger partial charge in [-0.2, -0.15) is 0 Å². The van der Waals surface area contributed by atoms with Gasteiger partial charge in [0.05, 0.1) is 0 Å². The van der Waals surface area contributed by atoms with Gasteiger partial charge in [0.15, 0.2) is 0 Å². The first-order chi connectivity index (χ1) is 4.23. The summed E-state index contributed by atoms with van der Waals surface area (Å²) >= 11 is 0. The molecule has 0 spiro atoms. The highest BCUT2D eigenvalue weighted by molar-refractivity contribution is 4.64. The molecule has 0 amide bonds. The smallest absolute Gasteiger partial charge is 0.229 e. The lowest BCUT2D eigenvalue weighted by Gasteiger charge is -1.92. The van der Waals surface area contributed by atoms with Crippen LogP contribution < -0.4 is 5.11 Å². The van der Waals surface area contributed by atoms with Crippen LogP contribution in [-0.2, 0) is 9.47 Å². The van der Waals surface area contributed by atoms with Gasteiger partial charge >= 0.3 is 0 Å². The van der Waals surface area contributed by atoms with Gasteiger partial charge in [-0.15, -0.1) is 12.3 Å². The van der Waals surface area contributed by atoms with E-state index in [9.17, 15) is 5.11 Å². The Balaban J connectivity index is 0.000000148. The normalized spacial score (nSPS) is 12.6. The molecule has 0 aromatic carbocycles. The highest BCUT2D eigenvalue weighted by Crippen LogP contribution is 1.88. The van der Waals surface area contributed by atoms with Crippen LogP contribution in [0.5, 0.6) is 0 Å². The minimum absolute atomic E-state index is 0.0833. The molecule has 0 unspecified atom stereocenters. The zero-order valence-electron chi connectivity index (χ0n) is 5.29. The lowest BCUT2D eigenvalue weighted by atomic mass is 10.7. The molecule has 0 N–H and O–H groups in total. The van der Waals surface area contributed by atoms with E-state index in [0.29, 0.717) is 6.79 Å². The molecule has 0 saturated carbocycles. The molecule has 1 aliphatic heterocycles. The van der Waals surface area contributed by atoms with Crippen molar-refractivity contribution in [2.45, 2.75) is 6.92 Å². The SMILES string of the molecule is C1=COCO1.C=C(C)[O-]. The van der Waals surface area contributed by atoms with E-state index in [1.807, 2.05) is 0 Å². The monoisotopic (exact) mass is 129 g/mol. The number of hydrogen-bond acceptors (Lipinski definition) is 3. The average molecular weight is 129 g/mol. The first-order valence-electron chi connectivity index (χ1n) is 2.44. The van der Waals surface area contributed by atoms with Gasteiger partial charge in [-0.25, -0.2) is 0 Å². The van der Waals surface area contributed by atoms with Gasteiger partial charge in [-0.1, -0.05) is 6.92 Å². The van der Waals surface area contributed by atoms with Gasteiger partial charge in [0, 0.05) is 0 Å². The molecule has 0 aliphatic carbocycles. The molecular formula is C6H9O3-. The van der Waals surface area contributed by atoms with Crippen LogP contribution in [-0.4, -0.2) is 6.79 Å². The van der Waals surface area contributed by atoms with Crippen molar-refractivity contribution in [2.75, 3.05) is 6.79 Å². The molecule has 0 aromatic rings. The number of ether oxygens (including phenoxy) is 2. The van der Waals surface area contributed by atoms with E-state index in [0.717, 1.165) is 0 Å². The third kappa shape index (κ3) is 10.9. The Hall–Kier alpha value is -1.12. The average Bonchev–Trinajstić information content (AvgIpc) is 2.11. The summed E-state index contributed by atoms with van der Waals surface area (Å²) < 4.78 is 9.08. The van der Waals surface area contributed by atoms with Crippen molar-refractivity contribution in [3.8, 4) is 0 Å². The second kappa shape index (κ2) is 5.03. The summed E-state index contributed by atoms with van der Waals surface area (Å²) in [6, 6.07) is 0. The van der Waals surface area contributed by atoms with Crippen molar-refractivity contribution < 1.29 is 14.6 Å². The highest BCUT2D eigenvalue weighted by atomic mass is 16.7. The van der Waals surface area contributed by atoms with E-state index in [-0.39, 0.29) is 5.76 Å². The van der Waals surface area contributed by atoms with Crippen LogP contribution in [0.15, 0.2) is 24.9 Å². The Labute approximate surface area is 54.2 Å². The van der Waals surface area contributed by atoms with E-state index in [1.165, 1.54) is 19.4 Å². The maximum atomic E-state index is 9.33. The largest absolute Gasteiger partial charge is 0.876 e. The quantitative estimate of drug-likeness (QED) is 0.443. The van der Waals surface area contributed by atoms with Crippen LogP contribution in [0.3, 0.4) is 0 Å². The Morgan fingerprint density at radius 3 is 2.00 bits per heavy atom. The Morgan fingerprint density at radius 1 is 1.56 bits per heavy atom. The summed E-state index contributed by atoms with van der Waals surface area (Å²) in [6.07, 6.45) is 3.03. The third-order valence-corrected chi connectivity index (χ3v) is 0.384. The molecule has 0 saturated heterocycles. The summed E-state index contributed by atoms with van der Waals surface area (Å²) in [5.41, 5.74) is 0. The topological polar surface area (TPSA) is 41.5 Å². The molecule has 1 heterocycles. The summed E-state index contributed by atoms with van der Waals surface area (Å²) in [5.74, 6) is -0.0833. The van der Waals surface area contributed by atoms with Crippen molar-refractivity contribution in [3.05, 3.63) is 24.9 Å². The Morgan fingerprint density at radius 2 is 1.89 bits per heavy atom. The standard InChI is InChI=1S/C3H4O2.C3H6O/c1-2-5-3-4-1;1-3(2)4/h1-2H,3H2;4H,1H2,2H3/p-1. The van der Waals surface area contributed by atoms with E-state index in [1.54, 1.807) is 0 Å². The van der Waals surface area contributed by atoms with Crippen LogP contribution in [0.4, 0.5) is 0 Å². The van der Waals surface area contributed by atoms with Crippen molar-refractivity contribution in [1.29, 1.82) is 0 Å². The van der Waals surface area contributed by atoms with Crippen LogP contribution >= 0.6 is 0 Å². The van der Waals surface area contributed by atoms with Crippen molar-refractivity contribution >= 4 is 0 Å². The second-order valence-electron chi connectivity index (χ2n) is 1.43. The number of rotatable bonds is 0. The molecule has 3 heteroatoms. The minimum atomic E-state index is -0.0833. The maximum Gasteiger partial charge on any atom is 0.229 e. The molecule has 1 rings (SSSR count). The number of hydrogen-bond donors (Lipinski definition) is 0. The molecule has 3 nitrogen and oxygen atoms in total. The summed E-state index contributed by atoms with van der Waals surface area (Å²) in [4.78, 5) is 0.